The van der Waals surface area contributed by atoms with Crippen LogP contribution in [0.3, 0.4) is 0 Å². The van der Waals surface area contributed by atoms with E-state index in [4.69, 9.17) is 23.3 Å². The summed E-state index contributed by atoms with van der Waals surface area (Å²) in [6.45, 7) is 14.3. The van der Waals surface area contributed by atoms with Crippen molar-refractivity contribution in [1.29, 1.82) is 0 Å². The van der Waals surface area contributed by atoms with Gasteiger partial charge in [-0.15, -0.1) is 0 Å². The molecule has 0 aromatic rings. The molecule has 0 aliphatic rings. The lowest BCUT2D eigenvalue weighted by atomic mass is 9.98. The molecule has 0 heterocycles. The second-order valence-corrected chi connectivity index (χ2v) is 10.9. The molecule has 0 unspecified atom stereocenters. The number of rotatable bonds is 8. The number of carbonyl (C=O) groups excluding carboxylic acids is 2. The SMILES string of the molecule is CC(C)(C)OCP(=O)(OCOC(=O)C(C)(C)C)OCOC(=O)C(C)(C)C. The Morgan fingerprint density at radius 3 is 1.35 bits per heavy atom. The normalized spacial score (nSPS) is 13.4. The van der Waals surface area contributed by atoms with Crippen LogP contribution in [0, 0.1) is 10.8 Å². The van der Waals surface area contributed by atoms with Crippen LogP contribution in [0.4, 0.5) is 0 Å². The van der Waals surface area contributed by atoms with Gasteiger partial charge in [0.15, 0.2) is 0 Å². The Balaban J connectivity index is 4.78. The smallest absolute Gasteiger partial charge is 0.361 e. The summed E-state index contributed by atoms with van der Waals surface area (Å²) in [7, 11) is -3.81. The first-order valence-electron chi connectivity index (χ1n) is 8.33. The highest BCUT2D eigenvalue weighted by molar-refractivity contribution is 7.53. The molecule has 0 bridgehead atoms. The lowest BCUT2D eigenvalue weighted by Gasteiger charge is -2.25. The minimum absolute atomic E-state index is 0.378. The molecule has 0 rings (SSSR count). The van der Waals surface area contributed by atoms with Gasteiger partial charge in [0, 0.05) is 0 Å². The second kappa shape index (κ2) is 9.31. The van der Waals surface area contributed by atoms with Crippen LogP contribution in [-0.4, -0.2) is 37.5 Å². The molecular formula is C17H33O8P. The van der Waals surface area contributed by atoms with Gasteiger partial charge < -0.3 is 14.2 Å². The maximum absolute atomic E-state index is 12.8. The van der Waals surface area contributed by atoms with E-state index in [9.17, 15) is 14.2 Å². The van der Waals surface area contributed by atoms with E-state index in [1.54, 1.807) is 62.3 Å². The summed E-state index contributed by atoms with van der Waals surface area (Å²) in [6, 6.07) is 0. The van der Waals surface area contributed by atoms with Crippen LogP contribution in [0.5, 0.6) is 0 Å². The van der Waals surface area contributed by atoms with E-state index in [0.717, 1.165) is 0 Å². The molecule has 8 nitrogen and oxygen atoms in total. The summed E-state index contributed by atoms with van der Waals surface area (Å²) in [6.07, 6.45) is -0.378. The molecule has 0 aromatic carbocycles. The fourth-order valence-corrected chi connectivity index (χ4v) is 2.33. The van der Waals surface area contributed by atoms with Crippen LogP contribution in [-0.2, 0) is 37.4 Å². The molecule has 0 saturated carbocycles. The standard InChI is InChI=1S/C17H33O8P/c1-15(2,3)13(18)21-10-24-26(20,12-23-17(7,8)9)25-11-22-14(19)16(4,5)6/h10-12H2,1-9H3. The molecule has 9 heteroatoms. The number of ether oxygens (including phenoxy) is 3. The van der Waals surface area contributed by atoms with Crippen molar-refractivity contribution in [2.75, 3.05) is 19.9 Å². The third-order valence-corrected chi connectivity index (χ3v) is 4.20. The van der Waals surface area contributed by atoms with Crippen molar-refractivity contribution in [3.05, 3.63) is 0 Å². The minimum Gasteiger partial charge on any atom is -0.438 e. The first-order chi connectivity index (χ1) is 11.5. The Hall–Kier alpha value is -0.950. The first kappa shape index (κ1) is 25.1. The summed E-state index contributed by atoms with van der Waals surface area (Å²) < 4.78 is 38.4. The highest BCUT2D eigenvalue weighted by Crippen LogP contribution is 2.49. The van der Waals surface area contributed by atoms with Gasteiger partial charge in [0.05, 0.1) is 16.4 Å². The Morgan fingerprint density at radius 2 is 1.08 bits per heavy atom. The van der Waals surface area contributed by atoms with Gasteiger partial charge in [-0.25, -0.2) is 0 Å². The van der Waals surface area contributed by atoms with Gasteiger partial charge in [0.25, 0.3) is 0 Å². The van der Waals surface area contributed by atoms with E-state index in [1.165, 1.54) is 0 Å². The van der Waals surface area contributed by atoms with Gasteiger partial charge in [-0.3, -0.25) is 23.2 Å². The molecule has 0 saturated heterocycles. The third-order valence-electron chi connectivity index (χ3n) is 2.76. The van der Waals surface area contributed by atoms with Crippen molar-refractivity contribution in [1.82, 2.24) is 0 Å². The number of carbonyl (C=O) groups is 2. The maximum Gasteiger partial charge on any atom is 0.361 e. The zero-order chi connectivity index (χ0) is 20.8. The highest BCUT2D eigenvalue weighted by atomic mass is 31.2. The Labute approximate surface area is 156 Å². The first-order valence-corrected chi connectivity index (χ1v) is 10.1. The lowest BCUT2D eigenvalue weighted by molar-refractivity contribution is -0.162. The number of hydrogen-bond acceptors (Lipinski definition) is 8. The van der Waals surface area contributed by atoms with Crippen LogP contribution in [0.15, 0.2) is 0 Å². The Kier molecular flexibility index (Phi) is 8.97. The summed E-state index contributed by atoms with van der Waals surface area (Å²) in [5.41, 5.74) is -2.04. The quantitative estimate of drug-likeness (QED) is 0.344. The van der Waals surface area contributed by atoms with Crippen LogP contribution in [0.1, 0.15) is 62.3 Å². The van der Waals surface area contributed by atoms with Crippen molar-refractivity contribution in [2.24, 2.45) is 10.8 Å². The average Bonchev–Trinajstić information content (AvgIpc) is 2.42. The molecule has 0 amide bonds. The van der Waals surface area contributed by atoms with Gasteiger partial charge >= 0.3 is 19.5 Å². The van der Waals surface area contributed by atoms with Crippen molar-refractivity contribution in [2.45, 2.75) is 67.9 Å². The lowest BCUT2D eigenvalue weighted by Crippen LogP contribution is -2.26. The van der Waals surface area contributed by atoms with Gasteiger partial charge in [-0.1, -0.05) is 0 Å². The molecular weight excluding hydrogens is 363 g/mol. The molecule has 0 aliphatic carbocycles. The summed E-state index contributed by atoms with van der Waals surface area (Å²) in [5, 5.41) is 0. The Bertz CT molecular complexity index is 486. The molecule has 0 aromatic heterocycles. The molecule has 0 radical (unpaired) electrons. The van der Waals surface area contributed by atoms with Gasteiger partial charge in [0.1, 0.15) is 6.35 Å². The fraction of sp³-hybridized carbons (Fsp3) is 0.882. The van der Waals surface area contributed by atoms with Crippen molar-refractivity contribution < 1.29 is 37.4 Å². The molecule has 0 atom stereocenters. The van der Waals surface area contributed by atoms with Crippen molar-refractivity contribution in [3.63, 3.8) is 0 Å². The van der Waals surface area contributed by atoms with Crippen LogP contribution < -0.4 is 0 Å². The van der Waals surface area contributed by atoms with Gasteiger partial charge in [0.2, 0.25) is 13.6 Å². The van der Waals surface area contributed by atoms with E-state index in [0.29, 0.717) is 0 Å². The van der Waals surface area contributed by atoms with E-state index in [1.807, 2.05) is 0 Å². The number of esters is 2. The molecule has 26 heavy (non-hydrogen) atoms. The minimum atomic E-state index is -3.81. The summed E-state index contributed by atoms with van der Waals surface area (Å²) in [4.78, 5) is 23.5. The third kappa shape index (κ3) is 10.9. The largest absolute Gasteiger partial charge is 0.438 e. The zero-order valence-corrected chi connectivity index (χ0v) is 18.2. The zero-order valence-electron chi connectivity index (χ0n) is 17.3. The maximum atomic E-state index is 12.8. The molecule has 0 spiro atoms. The summed E-state index contributed by atoms with van der Waals surface area (Å²) in [5.74, 6) is -1.03. The number of hydrogen-bond donors (Lipinski definition) is 0. The summed E-state index contributed by atoms with van der Waals surface area (Å²) >= 11 is 0. The molecule has 0 fully saturated rings. The monoisotopic (exact) mass is 396 g/mol. The van der Waals surface area contributed by atoms with Crippen molar-refractivity contribution in [3.8, 4) is 0 Å². The van der Waals surface area contributed by atoms with E-state index in [-0.39, 0.29) is 6.35 Å². The van der Waals surface area contributed by atoms with Crippen LogP contribution >= 0.6 is 7.60 Å². The highest BCUT2D eigenvalue weighted by Gasteiger charge is 2.31. The van der Waals surface area contributed by atoms with E-state index < -0.39 is 49.6 Å². The second-order valence-electron chi connectivity index (χ2n) is 8.85. The molecule has 154 valence electrons. The van der Waals surface area contributed by atoms with Crippen LogP contribution in [0.2, 0.25) is 0 Å². The Morgan fingerprint density at radius 1 is 0.731 bits per heavy atom. The average molecular weight is 396 g/mol. The van der Waals surface area contributed by atoms with E-state index in [2.05, 4.69) is 0 Å². The molecule has 0 aliphatic heterocycles. The van der Waals surface area contributed by atoms with E-state index >= 15 is 0 Å². The van der Waals surface area contributed by atoms with Gasteiger partial charge in [-0.2, -0.15) is 0 Å². The predicted molar refractivity (Wildman–Crippen MR) is 96.3 cm³/mol. The topological polar surface area (TPSA) is 97.4 Å². The fourth-order valence-electron chi connectivity index (χ4n) is 1.14. The predicted octanol–water partition coefficient (Wildman–Crippen LogP) is 4.08. The van der Waals surface area contributed by atoms with Crippen LogP contribution in [0.25, 0.3) is 0 Å². The molecule has 0 N–H and O–H groups in total. The van der Waals surface area contributed by atoms with Gasteiger partial charge in [-0.05, 0) is 62.3 Å². The van der Waals surface area contributed by atoms with Crippen molar-refractivity contribution >= 4 is 19.5 Å².